The number of nitrogens with zero attached hydrogens (tertiary/aromatic N) is 2. The molecule has 0 spiro atoms. The molecule has 168 valence electrons. The topological polar surface area (TPSA) is 105 Å². The van der Waals surface area contributed by atoms with E-state index in [1.807, 2.05) is 20.8 Å². The van der Waals surface area contributed by atoms with Gasteiger partial charge in [0.15, 0.2) is 0 Å². The molecule has 4 heterocycles. The first-order valence-electron chi connectivity index (χ1n) is 10.5. The van der Waals surface area contributed by atoms with Gasteiger partial charge in [0.2, 0.25) is 5.88 Å². The van der Waals surface area contributed by atoms with Gasteiger partial charge in [-0.2, -0.15) is 11.8 Å². The van der Waals surface area contributed by atoms with E-state index in [-0.39, 0.29) is 27.2 Å². The minimum Gasteiger partial charge on any atom is -0.493 e. The van der Waals surface area contributed by atoms with Crippen molar-refractivity contribution in [1.82, 2.24) is 15.3 Å². The summed E-state index contributed by atoms with van der Waals surface area (Å²) in [4.78, 5) is 20.3. The molecule has 1 unspecified atom stereocenters. The molecule has 1 amide bonds. The molecule has 1 saturated carbocycles. The van der Waals surface area contributed by atoms with Gasteiger partial charge in [0.1, 0.15) is 16.9 Å². The summed E-state index contributed by atoms with van der Waals surface area (Å²) in [5.74, 6) is -0.154. The number of pyridine rings is 2. The van der Waals surface area contributed by atoms with E-state index in [2.05, 4.69) is 15.3 Å². The Labute approximate surface area is 184 Å². The van der Waals surface area contributed by atoms with Crippen LogP contribution in [0.15, 0.2) is 18.3 Å². The molecule has 1 aliphatic carbocycles. The predicted molar refractivity (Wildman–Crippen MR) is 116 cm³/mol. The van der Waals surface area contributed by atoms with Gasteiger partial charge in [-0.05, 0) is 58.9 Å². The van der Waals surface area contributed by atoms with Crippen molar-refractivity contribution in [2.45, 2.75) is 74.9 Å². The molecule has 0 radical (unpaired) electrons. The highest BCUT2D eigenvalue weighted by Gasteiger charge is 2.51. The molecule has 9 heteroatoms. The molecule has 0 aromatic carbocycles. The zero-order valence-electron chi connectivity index (χ0n) is 17.9. The number of carbonyl (C=O) groups is 1. The standard InChI is InChI=1S/C22H28FN3O4S/c1-20(2,3)30-19(29)26-21-6-8-22(9-7-21,31-12-21)10-15(27)17-13(23)11-24-14-4-5-16(28)25-18(14)17/h4-5,11,15,27H,6-10,12H2,1-3H3,(H,25,28)(H,26,29). The van der Waals surface area contributed by atoms with E-state index in [4.69, 9.17) is 4.74 Å². The lowest BCUT2D eigenvalue weighted by atomic mass is 9.73. The van der Waals surface area contributed by atoms with Crippen molar-refractivity contribution in [1.29, 1.82) is 0 Å². The molecule has 2 aromatic rings. The Bertz CT molecular complexity index is 980. The van der Waals surface area contributed by atoms with Crippen LogP contribution in [0.2, 0.25) is 0 Å². The second-order valence-electron chi connectivity index (χ2n) is 9.66. The van der Waals surface area contributed by atoms with Crippen molar-refractivity contribution in [2.75, 3.05) is 5.75 Å². The zero-order chi connectivity index (χ0) is 22.4. The Morgan fingerprint density at radius 2 is 2.03 bits per heavy atom. The number of amides is 1. The van der Waals surface area contributed by atoms with Gasteiger partial charge in [-0.1, -0.05) is 0 Å². The first-order chi connectivity index (χ1) is 14.5. The molecule has 2 bridgehead atoms. The van der Waals surface area contributed by atoms with Crippen molar-refractivity contribution in [3.8, 4) is 5.88 Å². The number of halogens is 1. The van der Waals surface area contributed by atoms with Crippen molar-refractivity contribution < 1.29 is 24.1 Å². The molecular weight excluding hydrogens is 421 g/mol. The van der Waals surface area contributed by atoms with Gasteiger partial charge in [0.05, 0.1) is 23.4 Å². The minimum atomic E-state index is -1.07. The lowest BCUT2D eigenvalue weighted by molar-refractivity contribution is 0.0410. The summed E-state index contributed by atoms with van der Waals surface area (Å²) in [6.45, 7) is 5.51. The lowest BCUT2D eigenvalue weighted by Gasteiger charge is -2.53. The van der Waals surface area contributed by atoms with Crippen molar-refractivity contribution in [2.24, 2.45) is 0 Å². The Morgan fingerprint density at radius 1 is 1.32 bits per heavy atom. The predicted octanol–water partition coefficient (Wildman–Crippen LogP) is 4.22. The van der Waals surface area contributed by atoms with Gasteiger partial charge in [-0.25, -0.2) is 14.2 Å². The molecule has 3 fully saturated rings. The summed E-state index contributed by atoms with van der Waals surface area (Å²) in [6.07, 6.45) is 3.14. The first-order valence-corrected chi connectivity index (χ1v) is 11.5. The van der Waals surface area contributed by atoms with Gasteiger partial charge in [-0.3, -0.25) is 4.98 Å². The molecular formula is C22H28FN3O4S. The van der Waals surface area contributed by atoms with Crippen LogP contribution >= 0.6 is 11.8 Å². The van der Waals surface area contributed by atoms with Crippen molar-refractivity contribution in [3.05, 3.63) is 29.7 Å². The number of carbonyl (C=O) groups excluding carboxylic acids is 1. The van der Waals surface area contributed by atoms with E-state index in [1.54, 1.807) is 17.8 Å². The SMILES string of the molecule is CC(C)(C)OC(=O)NC12CCC(CC(O)c3c(F)cnc4ccc(O)nc34)(CC1)SC2. The van der Waals surface area contributed by atoms with E-state index in [0.717, 1.165) is 37.6 Å². The smallest absolute Gasteiger partial charge is 0.408 e. The average Bonchev–Trinajstić information content (AvgIpc) is 2.67. The summed E-state index contributed by atoms with van der Waals surface area (Å²) in [5, 5.41) is 23.8. The van der Waals surface area contributed by atoms with Crippen molar-refractivity contribution >= 4 is 28.9 Å². The highest BCUT2D eigenvalue weighted by atomic mass is 32.2. The van der Waals surface area contributed by atoms with E-state index in [0.29, 0.717) is 11.9 Å². The number of aliphatic hydroxyl groups is 1. The molecule has 5 rings (SSSR count). The third-order valence-electron chi connectivity index (χ3n) is 6.13. The number of rotatable bonds is 4. The summed E-state index contributed by atoms with van der Waals surface area (Å²) in [7, 11) is 0. The van der Waals surface area contributed by atoms with E-state index < -0.39 is 23.6 Å². The van der Waals surface area contributed by atoms with Gasteiger partial charge in [0, 0.05) is 22.1 Å². The number of hydrogen-bond acceptors (Lipinski definition) is 7. The average molecular weight is 450 g/mol. The number of thioether (sulfide) groups is 1. The number of nitrogens with one attached hydrogen (secondary N) is 1. The Balaban J connectivity index is 1.48. The number of fused-ring (bicyclic) bond motifs is 4. The van der Waals surface area contributed by atoms with Crippen LogP contribution in [0, 0.1) is 5.82 Å². The monoisotopic (exact) mass is 449 g/mol. The quantitative estimate of drug-likeness (QED) is 0.642. The second-order valence-corrected chi connectivity index (χ2v) is 11.1. The molecule has 3 N–H and O–H groups in total. The summed E-state index contributed by atoms with van der Waals surface area (Å²) in [6, 6.07) is 2.94. The van der Waals surface area contributed by atoms with Crippen LogP contribution in [0.25, 0.3) is 11.0 Å². The van der Waals surface area contributed by atoms with E-state index >= 15 is 0 Å². The maximum absolute atomic E-state index is 14.6. The molecule has 1 atom stereocenters. The van der Waals surface area contributed by atoms with E-state index in [1.165, 1.54) is 6.07 Å². The van der Waals surface area contributed by atoms with Gasteiger partial charge in [-0.15, -0.1) is 0 Å². The number of hydrogen-bond donors (Lipinski definition) is 3. The van der Waals surface area contributed by atoms with Gasteiger partial charge >= 0.3 is 6.09 Å². The molecule has 7 nitrogen and oxygen atoms in total. The number of ether oxygens (including phenoxy) is 1. The molecule has 2 aromatic heterocycles. The Kier molecular flexibility index (Phi) is 5.54. The summed E-state index contributed by atoms with van der Waals surface area (Å²) in [5.41, 5.74) is -0.176. The fourth-order valence-electron chi connectivity index (χ4n) is 4.53. The minimum absolute atomic E-state index is 0.0742. The molecule has 3 aliphatic rings. The zero-order valence-corrected chi connectivity index (χ0v) is 18.8. The summed E-state index contributed by atoms with van der Waals surface area (Å²) >= 11 is 1.72. The third-order valence-corrected chi connectivity index (χ3v) is 8.01. The number of aliphatic hydroxyl groups excluding tert-OH is 1. The molecule has 2 aliphatic heterocycles. The van der Waals surface area contributed by atoms with Crippen LogP contribution in [0.5, 0.6) is 5.88 Å². The van der Waals surface area contributed by atoms with Crippen LogP contribution in [0.4, 0.5) is 9.18 Å². The normalized spacial score (nSPS) is 26.6. The second kappa shape index (κ2) is 7.78. The maximum atomic E-state index is 14.6. The maximum Gasteiger partial charge on any atom is 0.408 e. The van der Waals surface area contributed by atoms with Crippen LogP contribution in [0.3, 0.4) is 0 Å². The lowest BCUT2D eigenvalue weighted by Crippen LogP contribution is -2.60. The van der Waals surface area contributed by atoms with Crippen LogP contribution in [0.1, 0.15) is 64.5 Å². The molecule has 31 heavy (non-hydrogen) atoms. The van der Waals surface area contributed by atoms with E-state index in [9.17, 15) is 19.4 Å². The highest BCUT2D eigenvalue weighted by molar-refractivity contribution is 8.00. The number of aromatic hydroxyl groups is 1. The Hall–Kier alpha value is -2.13. The third kappa shape index (κ3) is 4.57. The van der Waals surface area contributed by atoms with Gasteiger partial charge < -0.3 is 20.3 Å². The number of aromatic nitrogens is 2. The fourth-order valence-corrected chi connectivity index (χ4v) is 6.24. The van der Waals surface area contributed by atoms with Crippen LogP contribution in [-0.2, 0) is 4.74 Å². The fraction of sp³-hybridized carbons (Fsp3) is 0.591. The van der Waals surface area contributed by atoms with Crippen LogP contribution < -0.4 is 5.32 Å². The highest BCUT2D eigenvalue weighted by Crippen LogP contribution is 2.55. The van der Waals surface area contributed by atoms with Crippen molar-refractivity contribution in [3.63, 3.8) is 0 Å². The molecule has 2 saturated heterocycles. The largest absolute Gasteiger partial charge is 0.493 e. The van der Waals surface area contributed by atoms with Gasteiger partial charge in [0.25, 0.3) is 0 Å². The number of alkyl carbamates (subject to hydrolysis) is 1. The van der Waals surface area contributed by atoms with Crippen LogP contribution in [-0.4, -0.2) is 47.9 Å². The Morgan fingerprint density at radius 3 is 2.65 bits per heavy atom. The summed E-state index contributed by atoms with van der Waals surface area (Å²) < 4.78 is 19.8. The first kappa shape index (κ1) is 22.1.